The Morgan fingerprint density at radius 2 is 1.74 bits per heavy atom. The first-order valence-electron chi connectivity index (χ1n) is 10.3. The van der Waals surface area contributed by atoms with E-state index in [1.807, 2.05) is 24.3 Å². The molecule has 4 rings (SSSR count). The number of anilines is 1. The minimum Gasteiger partial charge on any atom is -0.351 e. The van der Waals surface area contributed by atoms with Gasteiger partial charge in [0.15, 0.2) is 0 Å². The number of benzene rings is 2. The van der Waals surface area contributed by atoms with E-state index < -0.39 is 21.9 Å². The molecular weight excluding hydrogens is 421 g/mol. The van der Waals surface area contributed by atoms with Gasteiger partial charge in [-0.15, -0.1) is 0 Å². The number of hydrogen-bond donors (Lipinski definition) is 1. The standard InChI is InChI=1S/C22H24FN3O4S/c23-17-7-11-19(12-8-17)31(29,30)26-14-1-3-20(26)22(28)24-15-16-5-9-18(10-6-16)25-13-2-4-21(25)27/h5-12,20H,1-4,13-15H2,(H,24,28)/t20-/m0/s1. The van der Waals surface area contributed by atoms with E-state index in [0.717, 1.165) is 36.3 Å². The fraction of sp³-hybridized carbons (Fsp3) is 0.364. The summed E-state index contributed by atoms with van der Waals surface area (Å²) in [7, 11) is -3.88. The predicted octanol–water partition coefficient (Wildman–Crippen LogP) is 2.42. The van der Waals surface area contributed by atoms with Crippen molar-refractivity contribution < 1.29 is 22.4 Å². The van der Waals surface area contributed by atoms with Gasteiger partial charge < -0.3 is 10.2 Å². The first-order chi connectivity index (χ1) is 14.9. The van der Waals surface area contributed by atoms with Crippen LogP contribution in [0.4, 0.5) is 10.1 Å². The first-order valence-corrected chi connectivity index (χ1v) is 11.7. The number of nitrogens with one attached hydrogen (secondary N) is 1. The van der Waals surface area contributed by atoms with Crippen LogP contribution in [0.2, 0.25) is 0 Å². The summed E-state index contributed by atoms with van der Waals surface area (Å²) in [6, 6.07) is 11.2. The highest BCUT2D eigenvalue weighted by Crippen LogP contribution is 2.27. The van der Waals surface area contributed by atoms with Crippen LogP contribution in [-0.4, -0.2) is 43.7 Å². The molecule has 0 aromatic heterocycles. The monoisotopic (exact) mass is 445 g/mol. The van der Waals surface area contributed by atoms with Gasteiger partial charge in [0.1, 0.15) is 11.9 Å². The fourth-order valence-corrected chi connectivity index (χ4v) is 5.71. The van der Waals surface area contributed by atoms with Gasteiger partial charge in [-0.25, -0.2) is 12.8 Å². The Balaban J connectivity index is 1.40. The molecule has 9 heteroatoms. The van der Waals surface area contributed by atoms with E-state index in [1.54, 1.807) is 4.90 Å². The number of sulfonamides is 1. The third kappa shape index (κ3) is 4.47. The molecule has 2 heterocycles. The van der Waals surface area contributed by atoms with Gasteiger partial charge in [-0.2, -0.15) is 4.31 Å². The van der Waals surface area contributed by atoms with E-state index in [0.29, 0.717) is 19.3 Å². The molecule has 2 fully saturated rings. The van der Waals surface area contributed by atoms with Crippen LogP contribution >= 0.6 is 0 Å². The van der Waals surface area contributed by atoms with E-state index in [4.69, 9.17) is 0 Å². The topological polar surface area (TPSA) is 86.8 Å². The van der Waals surface area contributed by atoms with Crippen molar-refractivity contribution in [1.82, 2.24) is 9.62 Å². The summed E-state index contributed by atoms with van der Waals surface area (Å²) in [4.78, 5) is 26.3. The zero-order valence-corrected chi connectivity index (χ0v) is 17.8. The van der Waals surface area contributed by atoms with E-state index >= 15 is 0 Å². The number of nitrogens with zero attached hydrogens (tertiary/aromatic N) is 2. The Kier molecular flexibility index (Phi) is 6.06. The largest absolute Gasteiger partial charge is 0.351 e. The molecule has 31 heavy (non-hydrogen) atoms. The number of carbonyl (C=O) groups excluding carboxylic acids is 2. The molecule has 7 nitrogen and oxygen atoms in total. The molecule has 0 spiro atoms. The Morgan fingerprint density at radius 3 is 2.39 bits per heavy atom. The molecule has 0 bridgehead atoms. The van der Waals surface area contributed by atoms with Gasteiger partial charge in [-0.3, -0.25) is 9.59 Å². The molecule has 2 aromatic rings. The minimum atomic E-state index is -3.88. The molecule has 2 aromatic carbocycles. The summed E-state index contributed by atoms with van der Waals surface area (Å²) in [6.07, 6.45) is 2.44. The molecule has 0 unspecified atom stereocenters. The lowest BCUT2D eigenvalue weighted by molar-refractivity contribution is -0.124. The molecule has 1 atom stereocenters. The van der Waals surface area contributed by atoms with E-state index in [2.05, 4.69) is 5.32 Å². The van der Waals surface area contributed by atoms with Crippen LogP contribution in [0, 0.1) is 5.82 Å². The highest BCUT2D eigenvalue weighted by atomic mass is 32.2. The highest BCUT2D eigenvalue weighted by Gasteiger charge is 2.39. The average Bonchev–Trinajstić information content (AvgIpc) is 3.42. The van der Waals surface area contributed by atoms with Crippen molar-refractivity contribution in [2.45, 2.75) is 43.2 Å². The molecule has 2 aliphatic rings. The second-order valence-corrected chi connectivity index (χ2v) is 9.65. The smallest absolute Gasteiger partial charge is 0.243 e. The zero-order chi connectivity index (χ0) is 22.0. The van der Waals surface area contributed by atoms with Crippen LogP contribution in [0.3, 0.4) is 0 Å². The average molecular weight is 446 g/mol. The van der Waals surface area contributed by atoms with Crippen LogP contribution in [0.1, 0.15) is 31.2 Å². The van der Waals surface area contributed by atoms with E-state index in [1.165, 1.54) is 16.4 Å². The molecule has 2 amide bonds. The highest BCUT2D eigenvalue weighted by molar-refractivity contribution is 7.89. The van der Waals surface area contributed by atoms with Crippen LogP contribution in [-0.2, 0) is 26.2 Å². The lowest BCUT2D eigenvalue weighted by atomic mass is 10.1. The van der Waals surface area contributed by atoms with Gasteiger partial charge in [0.2, 0.25) is 21.8 Å². The van der Waals surface area contributed by atoms with Crippen LogP contribution in [0.15, 0.2) is 53.4 Å². The van der Waals surface area contributed by atoms with Gasteiger partial charge in [0, 0.05) is 31.7 Å². The molecule has 164 valence electrons. The van der Waals surface area contributed by atoms with Crippen molar-refractivity contribution in [3.05, 3.63) is 59.9 Å². The van der Waals surface area contributed by atoms with Gasteiger partial charge in [0.25, 0.3) is 0 Å². The second-order valence-electron chi connectivity index (χ2n) is 7.76. The third-order valence-electron chi connectivity index (χ3n) is 5.71. The summed E-state index contributed by atoms with van der Waals surface area (Å²) in [6.45, 7) is 1.22. The maximum atomic E-state index is 13.2. The Labute approximate surface area is 180 Å². The number of amides is 2. The van der Waals surface area contributed by atoms with Gasteiger partial charge in [-0.1, -0.05) is 12.1 Å². The Morgan fingerprint density at radius 1 is 1.03 bits per heavy atom. The summed E-state index contributed by atoms with van der Waals surface area (Å²) in [5.74, 6) is -0.762. The van der Waals surface area contributed by atoms with Gasteiger partial charge in [-0.05, 0) is 61.2 Å². The van der Waals surface area contributed by atoms with Crippen molar-refractivity contribution in [1.29, 1.82) is 0 Å². The fourth-order valence-electron chi connectivity index (χ4n) is 4.05. The summed E-state index contributed by atoms with van der Waals surface area (Å²) >= 11 is 0. The molecular formula is C22H24FN3O4S. The summed E-state index contributed by atoms with van der Waals surface area (Å²) in [5.41, 5.74) is 1.69. The van der Waals surface area contributed by atoms with Gasteiger partial charge in [0.05, 0.1) is 4.90 Å². The molecule has 0 radical (unpaired) electrons. The van der Waals surface area contributed by atoms with Gasteiger partial charge >= 0.3 is 0 Å². The zero-order valence-electron chi connectivity index (χ0n) is 17.0. The van der Waals surface area contributed by atoms with Crippen LogP contribution < -0.4 is 10.2 Å². The number of rotatable bonds is 6. The quantitative estimate of drug-likeness (QED) is 0.740. The van der Waals surface area contributed by atoms with Crippen molar-refractivity contribution in [3.8, 4) is 0 Å². The lowest BCUT2D eigenvalue weighted by Crippen LogP contribution is -2.45. The lowest BCUT2D eigenvalue weighted by Gasteiger charge is -2.23. The summed E-state index contributed by atoms with van der Waals surface area (Å²) < 4.78 is 40.2. The molecule has 2 aliphatic heterocycles. The normalized spacial score (nSPS) is 19.7. The number of halogens is 1. The molecule has 1 N–H and O–H groups in total. The second kappa shape index (κ2) is 8.76. The molecule has 0 aliphatic carbocycles. The van der Waals surface area contributed by atoms with E-state index in [9.17, 15) is 22.4 Å². The maximum absolute atomic E-state index is 13.2. The van der Waals surface area contributed by atoms with Crippen molar-refractivity contribution in [2.24, 2.45) is 0 Å². The van der Waals surface area contributed by atoms with Crippen LogP contribution in [0.25, 0.3) is 0 Å². The third-order valence-corrected chi connectivity index (χ3v) is 7.64. The Bertz CT molecular complexity index is 1070. The minimum absolute atomic E-state index is 0.0272. The number of carbonyl (C=O) groups is 2. The van der Waals surface area contributed by atoms with Crippen molar-refractivity contribution in [3.63, 3.8) is 0 Å². The maximum Gasteiger partial charge on any atom is 0.243 e. The predicted molar refractivity (Wildman–Crippen MR) is 113 cm³/mol. The SMILES string of the molecule is O=C(NCc1ccc(N2CCCC2=O)cc1)[C@@H]1CCCN1S(=O)(=O)c1ccc(F)cc1. The molecule has 0 saturated carbocycles. The van der Waals surface area contributed by atoms with Crippen molar-refractivity contribution in [2.75, 3.05) is 18.0 Å². The Hall–Kier alpha value is -2.78. The van der Waals surface area contributed by atoms with Crippen LogP contribution in [0.5, 0.6) is 0 Å². The van der Waals surface area contributed by atoms with Crippen molar-refractivity contribution >= 4 is 27.5 Å². The first kappa shape index (κ1) is 21.5. The summed E-state index contributed by atoms with van der Waals surface area (Å²) in [5, 5.41) is 2.82. The number of hydrogen-bond acceptors (Lipinski definition) is 4. The molecule has 2 saturated heterocycles. The van der Waals surface area contributed by atoms with E-state index in [-0.39, 0.29) is 29.8 Å².